The van der Waals surface area contributed by atoms with Crippen LogP contribution in [0.2, 0.25) is 0 Å². The van der Waals surface area contributed by atoms with Crippen LogP contribution in [0, 0.1) is 6.92 Å². The Morgan fingerprint density at radius 1 is 1.67 bits per heavy atom. The zero-order valence-corrected chi connectivity index (χ0v) is 7.07. The molecule has 0 aliphatic rings. The summed E-state index contributed by atoms with van der Waals surface area (Å²) in [4.78, 5) is 25.8. The van der Waals surface area contributed by atoms with Crippen LogP contribution in [0.4, 0.5) is 0 Å². The molecule has 1 aromatic rings. The van der Waals surface area contributed by atoms with Crippen LogP contribution in [-0.4, -0.2) is 15.3 Å². The predicted molar refractivity (Wildman–Crippen MR) is 43.9 cm³/mol. The molecule has 0 spiro atoms. The Hall–Kier alpha value is -1.45. The van der Waals surface area contributed by atoms with Gasteiger partial charge in [-0.1, -0.05) is 0 Å². The van der Waals surface area contributed by atoms with Crippen molar-refractivity contribution in [1.29, 1.82) is 0 Å². The van der Waals surface area contributed by atoms with Crippen molar-refractivity contribution in [3.05, 3.63) is 28.4 Å². The maximum absolute atomic E-state index is 11.3. The van der Waals surface area contributed by atoms with Gasteiger partial charge in [-0.2, -0.15) is 0 Å². The lowest BCUT2D eigenvalue weighted by Gasteiger charge is -2.01. The van der Waals surface area contributed by atoms with Crippen molar-refractivity contribution in [2.24, 2.45) is 0 Å². The van der Waals surface area contributed by atoms with Crippen LogP contribution in [-0.2, 0) is 11.3 Å². The van der Waals surface area contributed by atoms with Crippen molar-refractivity contribution in [2.75, 3.05) is 0 Å². The SMILES string of the molecule is CC(=O)Cn1ccnc(C)c1=O. The van der Waals surface area contributed by atoms with Gasteiger partial charge in [-0.15, -0.1) is 0 Å². The number of carbonyl (C=O) groups excluding carboxylic acids is 1. The molecule has 0 N–H and O–H groups in total. The number of Topliss-reactive ketones (excluding diaryl/α,β-unsaturated/α-hetero) is 1. The average molecular weight is 166 g/mol. The zero-order chi connectivity index (χ0) is 9.14. The Morgan fingerprint density at radius 3 is 2.92 bits per heavy atom. The monoisotopic (exact) mass is 166 g/mol. The van der Waals surface area contributed by atoms with Gasteiger partial charge in [0.2, 0.25) is 0 Å². The first-order chi connectivity index (χ1) is 5.61. The highest BCUT2D eigenvalue weighted by Gasteiger charge is 2.00. The maximum Gasteiger partial charge on any atom is 0.272 e. The molecule has 12 heavy (non-hydrogen) atoms. The minimum absolute atomic E-state index is 0.0392. The number of nitrogens with zero attached hydrogens (tertiary/aromatic N) is 2. The zero-order valence-electron chi connectivity index (χ0n) is 7.07. The summed E-state index contributed by atoms with van der Waals surface area (Å²) < 4.78 is 1.35. The first-order valence-corrected chi connectivity index (χ1v) is 3.62. The van der Waals surface area contributed by atoms with E-state index in [2.05, 4.69) is 4.98 Å². The average Bonchev–Trinajstić information content (AvgIpc) is 1.98. The second-order valence-electron chi connectivity index (χ2n) is 2.65. The van der Waals surface area contributed by atoms with Gasteiger partial charge in [0.1, 0.15) is 11.5 Å². The van der Waals surface area contributed by atoms with Gasteiger partial charge < -0.3 is 4.57 Å². The van der Waals surface area contributed by atoms with Gasteiger partial charge in [-0.25, -0.2) is 0 Å². The molecule has 0 amide bonds. The van der Waals surface area contributed by atoms with E-state index in [1.54, 1.807) is 6.92 Å². The molecule has 0 unspecified atom stereocenters. The Labute approximate surface area is 69.9 Å². The highest BCUT2D eigenvalue weighted by Crippen LogP contribution is 1.84. The topological polar surface area (TPSA) is 52.0 Å². The molecule has 4 nitrogen and oxygen atoms in total. The lowest BCUT2D eigenvalue weighted by Crippen LogP contribution is -2.25. The van der Waals surface area contributed by atoms with Crippen LogP contribution in [0.5, 0.6) is 0 Å². The summed E-state index contributed by atoms with van der Waals surface area (Å²) in [5.41, 5.74) is 0.214. The minimum atomic E-state index is -0.201. The molecule has 0 atom stereocenters. The summed E-state index contributed by atoms with van der Waals surface area (Å²) >= 11 is 0. The van der Waals surface area contributed by atoms with E-state index in [1.165, 1.54) is 23.9 Å². The number of aryl methyl sites for hydroxylation is 1. The molecule has 0 saturated carbocycles. The van der Waals surface area contributed by atoms with Crippen molar-refractivity contribution >= 4 is 5.78 Å². The number of ketones is 1. The molecular weight excluding hydrogens is 156 g/mol. The van der Waals surface area contributed by atoms with E-state index in [0.29, 0.717) is 5.69 Å². The van der Waals surface area contributed by atoms with Gasteiger partial charge >= 0.3 is 0 Å². The molecule has 0 fully saturated rings. The summed E-state index contributed by atoms with van der Waals surface area (Å²) in [5, 5.41) is 0. The Balaban J connectivity index is 3.09. The Morgan fingerprint density at radius 2 is 2.33 bits per heavy atom. The lowest BCUT2D eigenvalue weighted by molar-refractivity contribution is -0.117. The van der Waals surface area contributed by atoms with Gasteiger partial charge in [0.15, 0.2) is 0 Å². The minimum Gasteiger partial charge on any atom is -0.305 e. The van der Waals surface area contributed by atoms with E-state index in [4.69, 9.17) is 0 Å². The van der Waals surface area contributed by atoms with Gasteiger partial charge in [0.05, 0.1) is 6.54 Å². The molecule has 0 aliphatic carbocycles. The van der Waals surface area contributed by atoms with E-state index in [1.807, 2.05) is 0 Å². The molecule has 1 heterocycles. The van der Waals surface area contributed by atoms with Crippen LogP contribution >= 0.6 is 0 Å². The number of hydrogen-bond acceptors (Lipinski definition) is 3. The predicted octanol–water partition coefficient (Wildman–Crippen LogP) is 0.141. The maximum atomic E-state index is 11.3. The standard InChI is InChI=1S/C8H10N2O2/c1-6(11)5-10-4-3-9-7(2)8(10)12/h3-4H,5H2,1-2H3. The summed E-state index contributed by atoms with van der Waals surface area (Å²) in [7, 11) is 0. The van der Waals surface area contributed by atoms with Gasteiger partial charge in [-0.05, 0) is 13.8 Å². The van der Waals surface area contributed by atoms with Gasteiger partial charge in [0, 0.05) is 12.4 Å². The fraction of sp³-hybridized carbons (Fsp3) is 0.375. The summed E-state index contributed by atoms with van der Waals surface area (Å²) in [6.07, 6.45) is 3.02. The Kier molecular flexibility index (Phi) is 2.38. The summed E-state index contributed by atoms with van der Waals surface area (Å²) in [5.74, 6) is -0.0392. The van der Waals surface area contributed by atoms with Crippen molar-refractivity contribution in [1.82, 2.24) is 9.55 Å². The number of carbonyl (C=O) groups is 1. The number of aromatic nitrogens is 2. The molecule has 0 saturated heterocycles. The normalized spacial score (nSPS) is 9.83. The second-order valence-corrected chi connectivity index (χ2v) is 2.65. The van der Waals surface area contributed by atoms with Crippen LogP contribution in [0.1, 0.15) is 12.6 Å². The second kappa shape index (κ2) is 3.30. The van der Waals surface area contributed by atoms with Crippen molar-refractivity contribution in [2.45, 2.75) is 20.4 Å². The molecule has 0 aromatic carbocycles. The van der Waals surface area contributed by atoms with E-state index in [-0.39, 0.29) is 17.9 Å². The van der Waals surface area contributed by atoms with Crippen molar-refractivity contribution in [3.63, 3.8) is 0 Å². The third-order valence-corrected chi connectivity index (χ3v) is 1.48. The largest absolute Gasteiger partial charge is 0.305 e. The van der Waals surface area contributed by atoms with Crippen molar-refractivity contribution < 1.29 is 4.79 Å². The third kappa shape index (κ3) is 1.78. The molecule has 0 radical (unpaired) electrons. The van der Waals surface area contributed by atoms with Gasteiger partial charge in [0.25, 0.3) is 5.56 Å². The highest BCUT2D eigenvalue weighted by molar-refractivity contribution is 5.75. The fourth-order valence-electron chi connectivity index (χ4n) is 0.921. The first-order valence-electron chi connectivity index (χ1n) is 3.62. The van der Waals surface area contributed by atoms with Crippen LogP contribution in [0.15, 0.2) is 17.2 Å². The van der Waals surface area contributed by atoms with E-state index in [0.717, 1.165) is 0 Å². The molecular formula is C8H10N2O2. The fourth-order valence-corrected chi connectivity index (χ4v) is 0.921. The van der Waals surface area contributed by atoms with Gasteiger partial charge in [-0.3, -0.25) is 14.6 Å². The first kappa shape index (κ1) is 8.64. The smallest absolute Gasteiger partial charge is 0.272 e. The summed E-state index contributed by atoms with van der Waals surface area (Å²) in [6.45, 7) is 3.20. The van der Waals surface area contributed by atoms with Crippen molar-refractivity contribution in [3.8, 4) is 0 Å². The van der Waals surface area contributed by atoms with Crippen LogP contribution in [0.3, 0.4) is 0 Å². The van der Waals surface area contributed by atoms with E-state index < -0.39 is 0 Å². The summed E-state index contributed by atoms with van der Waals surface area (Å²) in [6, 6.07) is 0. The lowest BCUT2D eigenvalue weighted by atomic mass is 10.4. The molecule has 0 bridgehead atoms. The molecule has 64 valence electrons. The molecule has 0 aliphatic heterocycles. The highest BCUT2D eigenvalue weighted by atomic mass is 16.1. The van der Waals surface area contributed by atoms with E-state index in [9.17, 15) is 9.59 Å². The molecule has 1 rings (SSSR count). The number of rotatable bonds is 2. The Bertz CT molecular complexity index is 354. The van der Waals surface area contributed by atoms with Crippen LogP contribution in [0.25, 0.3) is 0 Å². The van der Waals surface area contributed by atoms with E-state index >= 15 is 0 Å². The number of hydrogen-bond donors (Lipinski definition) is 0. The molecule has 1 aromatic heterocycles. The van der Waals surface area contributed by atoms with Crippen LogP contribution < -0.4 is 5.56 Å². The molecule has 4 heteroatoms. The third-order valence-electron chi connectivity index (χ3n) is 1.48. The quantitative estimate of drug-likeness (QED) is 0.628.